The van der Waals surface area contributed by atoms with Gasteiger partial charge in [0.15, 0.2) is 0 Å². The number of carbonyl (C=O) groups excluding carboxylic acids is 1. The Morgan fingerprint density at radius 3 is 2.62 bits per heavy atom. The lowest BCUT2D eigenvalue weighted by molar-refractivity contribution is 0.0827. The van der Waals surface area contributed by atoms with E-state index >= 15 is 0 Å². The predicted octanol–water partition coefficient (Wildman–Crippen LogP) is 0.341. The molecule has 0 fully saturated rings. The SMILES string of the molecule is CN(C)C(=O)c1ccc(NCCN)c(N)c1. The lowest BCUT2D eigenvalue weighted by Crippen LogP contribution is -2.22. The minimum atomic E-state index is -0.0583. The summed E-state index contributed by atoms with van der Waals surface area (Å²) in [6.07, 6.45) is 0. The van der Waals surface area contributed by atoms with Crippen LogP contribution >= 0.6 is 0 Å². The molecule has 0 saturated heterocycles. The third-order valence-corrected chi connectivity index (χ3v) is 2.16. The number of rotatable bonds is 4. The normalized spacial score (nSPS) is 9.94. The topological polar surface area (TPSA) is 84.4 Å². The van der Waals surface area contributed by atoms with Gasteiger partial charge < -0.3 is 21.7 Å². The number of amides is 1. The zero-order valence-electron chi connectivity index (χ0n) is 9.66. The summed E-state index contributed by atoms with van der Waals surface area (Å²) in [7, 11) is 3.41. The van der Waals surface area contributed by atoms with Gasteiger partial charge in [0.2, 0.25) is 0 Å². The van der Waals surface area contributed by atoms with E-state index in [4.69, 9.17) is 11.5 Å². The molecular weight excluding hydrogens is 204 g/mol. The Morgan fingerprint density at radius 1 is 1.44 bits per heavy atom. The summed E-state index contributed by atoms with van der Waals surface area (Å²) in [5.74, 6) is -0.0583. The molecule has 1 amide bonds. The van der Waals surface area contributed by atoms with Gasteiger partial charge in [0, 0.05) is 32.7 Å². The van der Waals surface area contributed by atoms with Gasteiger partial charge in [-0.05, 0) is 18.2 Å². The van der Waals surface area contributed by atoms with Crippen LogP contribution in [0, 0.1) is 0 Å². The molecule has 5 heteroatoms. The molecule has 0 bridgehead atoms. The fourth-order valence-corrected chi connectivity index (χ4v) is 1.32. The van der Waals surface area contributed by atoms with E-state index in [0.29, 0.717) is 24.3 Å². The third-order valence-electron chi connectivity index (χ3n) is 2.16. The first-order valence-electron chi connectivity index (χ1n) is 5.11. The Labute approximate surface area is 95.4 Å². The molecule has 1 rings (SSSR count). The number of nitrogens with zero attached hydrogens (tertiary/aromatic N) is 1. The summed E-state index contributed by atoms with van der Waals surface area (Å²) in [5, 5.41) is 3.08. The minimum Gasteiger partial charge on any atom is -0.397 e. The van der Waals surface area contributed by atoms with Crippen molar-refractivity contribution in [3.05, 3.63) is 23.8 Å². The fourth-order valence-electron chi connectivity index (χ4n) is 1.32. The van der Waals surface area contributed by atoms with Crippen LogP contribution in [0.5, 0.6) is 0 Å². The van der Waals surface area contributed by atoms with Crippen molar-refractivity contribution in [3.63, 3.8) is 0 Å². The maximum atomic E-state index is 11.7. The molecule has 0 aromatic heterocycles. The lowest BCUT2D eigenvalue weighted by atomic mass is 10.1. The first kappa shape index (κ1) is 12.3. The van der Waals surface area contributed by atoms with Gasteiger partial charge in [0.05, 0.1) is 11.4 Å². The van der Waals surface area contributed by atoms with Crippen molar-refractivity contribution in [1.82, 2.24) is 4.90 Å². The van der Waals surface area contributed by atoms with Crippen LogP contribution in [0.4, 0.5) is 11.4 Å². The third kappa shape index (κ3) is 2.87. The number of nitrogens with one attached hydrogen (secondary N) is 1. The van der Waals surface area contributed by atoms with Crippen molar-refractivity contribution in [3.8, 4) is 0 Å². The molecule has 0 unspecified atom stereocenters. The van der Waals surface area contributed by atoms with Crippen LogP contribution in [0.3, 0.4) is 0 Å². The molecule has 0 radical (unpaired) electrons. The van der Waals surface area contributed by atoms with Crippen molar-refractivity contribution < 1.29 is 4.79 Å². The molecule has 0 heterocycles. The van der Waals surface area contributed by atoms with Gasteiger partial charge in [0.1, 0.15) is 0 Å². The summed E-state index contributed by atoms with van der Waals surface area (Å²) >= 11 is 0. The highest BCUT2D eigenvalue weighted by Gasteiger charge is 2.09. The molecule has 88 valence electrons. The molecule has 16 heavy (non-hydrogen) atoms. The van der Waals surface area contributed by atoms with Crippen molar-refractivity contribution in [2.24, 2.45) is 5.73 Å². The number of carbonyl (C=O) groups is 1. The first-order valence-corrected chi connectivity index (χ1v) is 5.11. The molecule has 5 nitrogen and oxygen atoms in total. The summed E-state index contributed by atoms with van der Waals surface area (Å²) < 4.78 is 0. The van der Waals surface area contributed by atoms with Crippen LogP contribution in [-0.2, 0) is 0 Å². The first-order chi connectivity index (χ1) is 7.56. The monoisotopic (exact) mass is 222 g/mol. The number of hydrogen-bond donors (Lipinski definition) is 3. The number of hydrogen-bond acceptors (Lipinski definition) is 4. The summed E-state index contributed by atoms with van der Waals surface area (Å²) in [6.45, 7) is 1.20. The largest absolute Gasteiger partial charge is 0.397 e. The summed E-state index contributed by atoms with van der Waals surface area (Å²) in [5.41, 5.74) is 13.2. The maximum absolute atomic E-state index is 11.7. The average Bonchev–Trinajstić information content (AvgIpc) is 2.26. The highest BCUT2D eigenvalue weighted by Crippen LogP contribution is 2.20. The average molecular weight is 222 g/mol. The Balaban J connectivity index is 2.86. The molecule has 5 N–H and O–H groups in total. The van der Waals surface area contributed by atoms with Gasteiger partial charge >= 0.3 is 0 Å². The molecule has 0 saturated carbocycles. The highest BCUT2D eigenvalue weighted by atomic mass is 16.2. The molecule has 0 aliphatic rings. The van der Waals surface area contributed by atoms with Gasteiger partial charge in [0.25, 0.3) is 5.91 Å². The Kier molecular flexibility index (Phi) is 4.13. The van der Waals surface area contributed by atoms with Crippen molar-refractivity contribution in [1.29, 1.82) is 0 Å². The molecule has 0 spiro atoms. The van der Waals surface area contributed by atoms with Gasteiger partial charge in [-0.15, -0.1) is 0 Å². The summed E-state index contributed by atoms with van der Waals surface area (Å²) in [4.78, 5) is 13.2. The molecular formula is C11H18N4O. The second-order valence-corrected chi connectivity index (χ2v) is 3.72. The van der Waals surface area contributed by atoms with Crippen LogP contribution in [-0.4, -0.2) is 38.0 Å². The Morgan fingerprint density at radius 2 is 2.12 bits per heavy atom. The molecule has 0 aliphatic heterocycles. The van der Waals surface area contributed by atoms with E-state index in [-0.39, 0.29) is 5.91 Å². The van der Waals surface area contributed by atoms with Crippen molar-refractivity contribution in [2.75, 3.05) is 38.2 Å². The van der Waals surface area contributed by atoms with Gasteiger partial charge in [-0.25, -0.2) is 0 Å². The zero-order valence-corrected chi connectivity index (χ0v) is 9.66. The van der Waals surface area contributed by atoms with Gasteiger partial charge in [-0.3, -0.25) is 4.79 Å². The van der Waals surface area contributed by atoms with E-state index in [1.165, 1.54) is 4.90 Å². The van der Waals surface area contributed by atoms with E-state index in [9.17, 15) is 4.79 Å². The second kappa shape index (κ2) is 5.37. The van der Waals surface area contributed by atoms with E-state index in [1.54, 1.807) is 32.3 Å². The maximum Gasteiger partial charge on any atom is 0.253 e. The van der Waals surface area contributed by atoms with Crippen LogP contribution in [0.2, 0.25) is 0 Å². The number of benzene rings is 1. The number of nitrogen functional groups attached to an aromatic ring is 1. The van der Waals surface area contributed by atoms with E-state index in [0.717, 1.165) is 5.69 Å². The van der Waals surface area contributed by atoms with Crippen LogP contribution in [0.25, 0.3) is 0 Å². The van der Waals surface area contributed by atoms with Gasteiger partial charge in [-0.1, -0.05) is 0 Å². The van der Waals surface area contributed by atoms with Crippen LogP contribution in [0.15, 0.2) is 18.2 Å². The highest BCUT2D eigenvalue weighted by molar-refractivity contribution is 5.95. The number of nitrogens with two attached hydrogens (primary N) is 2. The minimum absolute atomic E-state index is 0.0583. The van der Waals surface area contributed by atoms with Crippen molar-refractivity contribution >= 4 is 17.3 Å². The predicted molar refractivity (Wildman–Crippen MR) is 66.4 cm³/mol. The van der Waals surface area contributed by atoms with Crippen molar-refractivity contribution in [2.45, 2.75) is 0 Å². The Bertz CT molecular complexity index is 376. The van der Waals surface area contributed by atoms with E-state index < -0.39 is 0 Å². The molecule has 1 aromatic rings. The summed E-state index contributed by atoms with van der Waals surface area (Å²) in [6, 6.07) is 5.21. The molecule has 0 atom stereocenters. The second-order valence-electron chi connectivity index (χ2n) is 3.72. The van der Waals surface area contributed by atoms with E-state index in [1.807, 2.05) is 0 Å². The van der Waals surface area contributed by atoms with Crippen LogP contribution in [0.1, 0.15) is 10.4 Å². The standard InChI is InChI=1S/C11H18N4O/c1-15(2)11(16)8-3-4-10(9(13)7-8)14-6-5-12/h3-4,7,14H,5-6,12-13H2,1-2H3. The van der Waals surface area contributed by atoms with Crippen LogP contribution < -0.4 is 16.8 Å². The fraction of sp³-hybridized carbons (Fsp3) is 0.364. The van der Waals surface area contributed by atoms with E-state index in [2.05, 4.69) is 5.32 Å². The Hall–Kier alpha value is -1.75. The molecule has 0 aliphatic carbocycles. The molecule has 1 aromatic carbocycles. The van der Waals surface area contributed by atoms with Gasteiger partial charge in [-0.2, -0.15) is 0 Å². The quantitative estimate of drug-likeness (QED) is 0.641. The zero-order chi connectivity index (χ0) is 12.1. The smallest absolute Gasteiger partial charge is 0.253 e. The lowest BCUT2D eigenvalue weighted by Gasteiger charge is -2.13. The number of anilines is 2.